The number of pyridine rings is 1. The third kappa shape index (κ3) is 5.69. The van der Waals surface area contributed by atoms with Gasteiger partial charge >= 0.3 is 0 Å². The molecule has 1 aromatic heterocycles. The second kappa shape index (κ2) is 10.6. The van der Waals surface area contributed by atoms with Crippen molar-refractivity contribution in [1.82, 2.24) is 14.8 Å². The van der Waals surface area contributed by atoms with Crippen molar-refractivity contribution in [1.29, 1.82) is 0 Å². The maximum Gasteiger partial charge on any atom is 0.292 e. The first-order valence-electron chi connectivity index (χ1n) is 11.6. The summed E-state index contributed by atoms with van der Waals surface area (Å²) in [6.45, 7) is 5.87. The number of aryl methyl sites for hydroxylation is 1. The van der Waals surface area contributed by atoms with Crippen LogP contribution in [0.1, 0.15) is 18.4 Å². The van der Waals surface area contributed by atoms with Gasteiger partial charge in [0.2, 0.25) is 11.8 Å². The molecule has 10 nitrogen and oxygen atoms in total. The monoisotopic (exact) mass is 466 g/mol. The zero-order valence-electron chi connectivity index (χ0n) is 19.4. The first kappa shape index (κ1) is 23.6. The average molecular weight is 467 g/mol. The Labute approximate surface area is 198 Å². The quantitative estimate of drug-likeness (QED) is 0.513. The number of rotatable bonds is 6. The lowest BCUT2D eigenvalue weighted by atomic mass is 9.96. The van der Waals surface area contributed by atoms with Gasteiger partial charge in [-0.2, -0.15) is 0 Å². The number of likely N-dealkylation sites (tertiary alicyclic amines) is 1. The highest BCUT2D eigenvalue weighted by molar-refractivity contribution is 5.91. The Morgan fingerprint density at radius 2 is 1.79 bits per heavy atom. The van der Waals surface area contributed by atoms with Crippen molar-refractivity contribution < 1.29 is 14.5 Å². The van der Waals surface area contributed by atoms with Crippen molar-refractivity contribution in [2.45, 2.75) is 19.8 Å². The van der Waals surface area contributed by atoms with Crippen LogP contribution in [0.3, 0.4) is 0 Å². The topological polar surface area (TPSA) is 112 Å². The van der Waals surface area contributed by atoms with Crippen LogP contribution >= 0.6 is 0 Å². The second-order valence-electron chi connectivity index (χ2n) is 8.87. The third-order valence-electron chi connectivity index (χ3n) is 6.54. The van der Waals surface area contributed by atoms with Gasteiger partial charge in [0.05, 0.1) is 11.5 Å². The summed E-state index contributed by atoms with van der Waals surface area (Å²) in [4.78, 5) is 46.4. The van der Waals surface area contributed by atoms with E-state index in [-0.39, 0.29) is 28.3 Å². The highest BCUT2D eigenvalue weighted by Gasteiger charge is 2.29. The Morgan fingerprint density at radius 3 is 2.47 bits per heavy atom. The van der Waals surface area contributed by atoms with E-state index in [1.807, 2.05) is 28.9 Å². The average Bonchev–Trinajstić information content (AvgIpc) is 2.84. The molecule has 2 aromatic rings. The number of aromatic nitrogens is 1. The molecule has 180 valence electrons. The fourth-order valence-electron chi connectivity index (χ4n) is 4.56. The maximum absolute atomic E-state index is 12.8. The molecule has 0 atom stereocenters. The van der Waals surface area contributed by atoms with Crippen molar-refractivity contribution in [3.63, 3.8) is 0 Å². The van der Waals surface area contributed by atoms with Crippen LogP contribution in [0.25, 0.3) is 0 Å². The Bertz CT molecular complexity index is 1050. The smallest absolute Gasteiger partial charge is 0.292 e. The van der Waals surface area contributed by atoms with Crippen LogP contribution in [-0.2, 0) is 9.59 Å². The third-order valence-corrected chi connectivity index (χ3v) is 6.54. The molecule has 10 heteroatoms. The van der Waals surface area contributed by atoms with Crippen LogP contribution < -0.4 is 10.2 Å². The molecule has 0 bridgehead atoms. The Kier molecular flexibility index (Phi) is 7.36. The molecule has 4 rings (SSSR count). The minimum atomic E-state index is -0.367. The van der Waals surface area contributed by atoms with Crippen molar-refractivity contribution >= 4 is 29.0 Å². The summed E-state index contributed by atoms with van der Waals surface area (Å²) < 4.78 is 0. The fraction of sp³-hybridized carbons (Fsp3) is 0.458. The Morgan fingerprint density at radius 1 is 1.09 bits per heavy atom. The molecule has 1 aromatic carbocycles. The van der Waals surface area contributed by atoms with Gasteiger partial charge in [0.15, 0.2) is 0 Å². The second-order valence-corrected chi connectivity index (χ2v) is 8.87. The van der Waals surface area contributed by atoms with Crippen LogP contribution in [0.2, 0.25) is 0 Å². The van der Waals surface area contributed by atoms with Crippen molar-refractivity contribution in [2.75, 3.05) is 56.0 Å². The standard InChI is InChI=1S/C24H30N6O4/c1-18-6-9-25-22(16-18)26-24(32)19-7-10-27(11-8-19)17-23(31)29-14-12-28(13-15-29)20-4-2-3-5-21(20)30(33)34/h2-6,9,16,19H,7-8,10-15,17H2,1H3,(H,25,26,32). The van der Waals surface area contributed by atoms with E-state index in [0.717, 1.165) is 5.56 Å². The van der Waals surface area contributed by atoms with Crippen LogP contribution in [-0.4, -0.2) is 77.3 Å². The van der Waals surface area contributed by atoms with E-state index < -0.39 is 0 Å². The zero-order valence-corrected chi connectivity index (χ0v) is 19.4. The summed E-state index contributed by atoms with van der Waals surface area (Å²) in [5.74, 6) is 0.533. The van der Waals surface area contributed by atoms with Gasteiger partial charge in [-0.1, -0.05) is 12.1 Å². The van der Waals surface area contributed by atoms with Gasteiger partial charge in [-0.15, -0.1) is 0 Å². The maximum atomic E-state index is 12.8. The number of carbonyl (C=O) groups is 2. The number of para-hydroxylation sites is 2. The van der Waals surface area contributed by atoms with Gasteiger partial charge in [0, 0.05) is 44.4 Å². The molecule has 0 radical (unpaired) electrons. The lowest BCUT2D eigenvalue weighted by molar-refractivity contribution is -0.384. The Balaban J connectivity index is 1.22. The van der Waals surface area contributed by atoms with E-state index in [2.05, 4.69) is 15.2 Å². The molecule has 3 heterocycles. The molecule has 2 saturated heterocycles. The lowest BCUT2D eigenvalue weighted by Gasteiger charge is -2.37. The normalized spacial score (nSPS) is 17.4. The highest BCUT2D eigenvalue weighted by Crippen LogP contribution is 2.28. The number of carbonyl (C=O) groups excluding carboxylic acids is 2. The molecule has 2 aliphatic rings. The number of nitrogens with one attached hydrogen (secondary N) is 1. The number of nitrogens with zero attached hydrogens (tertiary/aromatic N) is 5. The number of amides is 2. The number of hydrogen-bond acceptors (Lipinski definition) is 7. The minimum Gasteiger partial charge on any atom is -0.362 e. The van der Waals surface area contributed by atoms with E-state index >= 15 is 0 Å². The van der Waals surface area contributed by atoms with Gasteiger partial charge in [-0.25, -0.2) is 4.98 Å². The SMILES string of the molecule is Cc1ccnc(NC(=O)C2CCN(CC(=O)N3CCN(c4ccccc4[N+](=O)[O-])CC3)CC2)c1. The fourth-order valence-corrected chi connectivity index (χ4v) is 4.56. The van der Waals surface area contributed by atoms with E-state index in [1.54, 1.807) is 24.4 Å². The van der Waals surface area contributed by atoms with Crippen LogP contribution in [0.15, 0.2) is 42.6 Å². The molecular weight excluding hydrogens is 436 g/mol. The van der Waals surface area contributed by atoms with Crippen molar-refractivity contribution in [2.24, 2.45) is 5.92 Å². The van der Waals surface area contributed by atoms with Gasteiger partial charge in [-0.3, -0.25) is 24.6 Å². The number of nitro benzene ring substituents is 1. The molecule has 0 saturated carbocycles. The van der Waals surface area contributed by atoms with E-state index in [0.29, 0.717) is 70.2 Å². The summed E-state index contributed by atoms with van der Waals surface area (Å²) >= 11 is 0. The number of hydrogen-bond donors (Lipinski definition) is 1. The molecule has 2 amide bonds. The molecule has 34 heavy (non-hydrogen) atoms. The number of benzene rings is 1. The molecular formula is C24H30N6O4. The number of anilines is 2. The lowest BCUT2D eigenvalue weighted by Crippen LogP contribution is -2.52. The molecule has 0 unspecified atom stereocenters. The van der Waals surface area contributed by atoms with Gasteiger partial charge in [0.25, 0.3) is 5.69 Å². The Hall–Kier alpha value is -3.53. The van der Waals surface area contributed by atoms with Crippen molar-refractivity contribution in [3.8, 4) is 0 Å². The minimum absolute atomic E-state index is 0.0183. The van der Waals surface area contributed by atoms with Crippen LogP contribution in [0.5, 0.6) is 0 Å². The van der Waals surface area contributed by atoms with Gasteiger partial charge < -0.3 is 15.1 Å². The molecule has 2 aliphatic heterocycles. The number of nitro groups is 1. The summed E-state index contributed by atoms with van der Waals surface area (Å²) in [5, 5.41) is 14.2. The zero-order chi connectivity index (χ0) is 24.1. The summed E-state index contributed by atoms with van der Waals surface area (Å²) in [7, 11) is 0. The molecule has 2 fully saturated rings. The van der Waals surface area contributed by atoms with Crippen LogP contribution in [0.4, 0.5) is 17.2 Å². The number of piperazine rings is 1. The van der Waals surface area contributed by atoms with E-state index in [4.69, 9.17) is 0 Å². The van der Waals surface area contributed by atoms with Gasteiger partial charge in [-0.05, 0) is 56.6 Å². The predicted molar refractivity (Wildman–Crippen MR) is 129 cm³/mol. The molecule has 0 spiro atoms. The first-order chi connectivity index (χ1) is 16.4. The van der Waals surface area contributed by atoms with Gasteiger partial charge in [0.1, 0.15) is 11.5 Å². The largest absolute Gasteiger partial charge is 0.362 e. The predicted octanol–water partition coefficient (Wildman–Crippen LogP) is 2.30. The summed E-state index contributed by atoms with van der Waals surface area (Å²) in [6, 6.07) is 10.5. The van der Waals surface area contributed by atoms with Crippen LogP contribution in [0, 0.1) is 23.0 Å². The van der Waals surface area contributed by atoms with E-state index in [9.17, 15) is 19.7 Å². The van der Waals surface area contributed by atoms with Crippen molar-refractivity contribution in [3.05, 3.63) is 58.3 Å². The summed E-state index contributed by atoms with van der Waals surface area (Å²) in [5.41, 5.74) is 1.73. The molecule has 0 aliphatic carbocycles. The van der Waals surface area contributed by atoms with E-state index in [1.165, 1.54) is 6.07 Å². The summed E-state index contributed by atoms with van der Waals surface area (Å²) in [6.07, 6.45) is 3.09. The highest BCUT2D eigenvalue weighted by atomic mass is 16.6. The molecule has 1 N–H and O–H groups in total. The number of piperidine rings is 1. The first-order valence-corrected chi connectivity index (χ1v) is 11.6.